The van der Waals surface area contributed by atoms with Crippen molar-refractivity contribution >= 4 is 5.78 Å². The zero-order chi connectivity index (χ0) is 10.4. The maximum absolute atomic E-state index is 10.9. The van der Waals surface area contributed by atoms with Crippen LogP contribution in [0, 0.1) is 5.92 Å². The highest BCUT2D eigenvalue weighted by molar-refractivity contribution is 5.77. The Bertz CT molecular complexity index is 251. The fourth-order valence-corrected chi connectivity index (χ4v) is 1.26. The molecule has 0 aliphatic heterocycles. The van der Waals surface area contributed by atoms with Gasteiger partial charge in [-0.3, -0.25) is 4.79 Å². The van der Waals surface area contributed by atoms with Gasteiger partial charge in [0.25, 0.3) is 0 Å². The molecule has 0 amide bonds. The van der Waals surface area contributed by atoms with E-state index in [1.807, 2.05) is 6.92 Å². The number of carbonyl (C=O) groups is 1. The molecule has 1 unspecified atom stereocenters. The topological polar surface area (TPSA) is 26.3 Å². The summed E-state index contributed by atoms with van der Waals surface area (Å²) in [6.07, 6.45) is 8.52. The average molecular weight is 194 g/mol. The third-order valence-electron chi connectivity index (χ3n) is 2.45. The van der Waals surface area contributed by atoms with Crippen LogP contribution in [-0.4, -0.2) is 19.0 Å². The van der Waals surface area contributed by atoms with E-state index in [0.29, 0.717) is 13.2 Å². The molecule has 0 N–H and O–H groups in total. The number of ether oxygens (including phenoxy) is 1. The summed E-state index contributed by atoms with van der Waals surface area (Å²) < 4.78 is 5.47. The summed E-state index contributed by atoms with van der Waals surface area (Å²) in [6.45, 7) is 4.71. The first-order valence-electron chi connectivity index (χ1n) is 5.13. The van der Waals surface area contributed by atoms with E-state index in [0.717, 1.165) is 12.8 Å². The van der Waals surface area contributed by atoms with Crippen molar-refractivity contribution in [3.05, 3.63) is 23.8 Å². The predicted octanol–water partition coefficient (Wildman–Crippen LogP) is 2.50. The van der Waals surface area contributed by atoms with E-state index in [9.17, 15) is 4.79 Å². The second-order valence-corrected chi connectivity index (χ2v) is 3.82. The standard InChI is InChI=1S/C12H18O2/c1-10(11(2)13)8-14-9-12-6-4-3-5-7-12/h3-4,6,10H,5,7-9H2,1-2H3. The van der Waals surface area contributed by atoms with Gasteiger partial charge in [-0.2, -0.15) is 0 Å². The zero-order valence-electron chi connectivity index (χ0n) is 8.95. The molecule has 2 heteroatoms. The van der Waals surface area contributed by atoms with Crippen molar-refractivity contribution in [1.29, 1.82) is 0 Å². The Labute approximate surface area is 85.6 Å². The van der Waals surface area contributed by atoms with Gasteiger partial charge in [0, 0.05) is 5.92 Å². The Kier molecular flexibility index (Phi) is 4.60. The van der Waals surface area contributed by atoms with Crippen molar-refractivity contribution in [2.24, 2.45) is 5.92 Å². The molecule has 1 aliphatic carbocycles. The number of Topliss-reactive ketones (excluding diaryl/α,β-unsaturated/α-hetero) is 1. The van der Waals surface area contributed by atoms with E-state index in [1.165, 1.54) is 5.57 Å². The van der Waals surface area contributed by atoms with Crippen LogP contribution < -0.4 is 0 Å². The molecule has 0 radical (unpaired) electrons. The number of ketones is 1. The summed E-state index contributed by atoms with van der Waals surface area (Å²) in [6, 6.07) is 0. The predicted molar refractivity (Wildman–Crippen MR) is 57.1 cm³/mol. The normalized spacial score (nSPS) is 17.7. The molecule has 1 aliphatic rings. The molecular weight excluding hydrogens is 176 g/mol. The molecule has 0 spiro atoms. The number of carbonyl (C=O) groups excluding carboxylic acids is 1. The van der Waals surface area contributed by atoms with E-state index >= 15 is 0 Å². The largest absolute Gasteiger partial charge is 0.376 e. The first-order valence-corrected chi connectivity index (χ1v) is 5.13. The molecular formula is C12H18O2. The third kappa shape index (κ3) is 3.88. The smallest absolute Gasteiger partial charge is 0.134 e. The van der Waals surface area contributed by atoms with Gasteiger partial charge in [0.1, 0.15) is 5.78 Å². The molecule has 0 aromatic heterocycles. The molecule has 14 heavy (non-hydrogen) atoms. The van der Waals surface area contributed by atoms with Crippen LogP contribution in [0.4, 0.5) is 0 Å². The minimum absolute atomic E-state index is 0.0229. The van der Waals surface area contributed by atoms with E-state index in [1.54, 1.807) is 6.92 Å². The highest BCUT2D eigenvalue weighted by atomic mass is 16.5. The summed E-state index contributed by atoms with van der Waals surface area (Å²) in [5, 5.41) is 0. The van der Waals surface area contributed by atoms with Crippen molar-refractivity contribution in [3.8, 4) is 0 Å². The minimum atomic E-state index is 0.0229. The Balaban J connectivity index is 2.18. The molecule has 78 valence electrons. The quantitative estimate of drug-likeness (QED) is 0.672. The summed E-state index contributed by atoms with van der Waals surface area (Å²) in [5.74, 6) is 0.220. The monoisotopic (exact) mass is 194 g/mol. The van der Waals surface area contributed by atoms with Crippen LogP contribution in [0.5, 0.6) is 0 Å². The van der Waals surface area contributed by atoms with Crippen LogP contribution in [0.3, 0.4) is 0 Å². The van der Waals surface area contributed by atoms with Gasteiger partial charge in [0.05, 0.1) is 13.2 Å². The van der Waals surface area contributed by atoms with Crippen LogP contribution in [0.25, 0.3) is 0 Å². The molecule has 0 fully saturated rings. The van der Waals surface area contributed by atoms with Gasteiger partial charge in [0.15, 0.2) is 0 Å². The van der Waals surface area contributed by atoms with Crippen molar-refractivity contribution in [2.45, 2.75) is 26.7 Å². The van der Waals surface area contributed by atoms with Gasteiger partial charge in [-0.1, -0.05) is 25.2 Å². The molecule has 1 rings (SSSR count). The van der Waals surface area contributed by atoms with Gasteiger partial charge in [-0.05, 0) is 25.3 Å². The fourth-order valence-electron chi connectivity index (χ4n) is 1.26. The molecule has 0 aromatic carbocycles. The van der Waals surface area contributed by atoms with Gasteiger partial charge >= 0.3 is 0 Å². The first kappa shape index (κ1) is 11.2. The Morgan fingerprint density at radius 1 is 1.64 bits per heavy atom. The van der Waals surface area contributed by atoms with E-state index in [4.69, 9.17) is 4.74 Å². The van der Waals surface area contributed by atoms with Crippen molar-refractivity contribution in [3.63, 3.8) is 0 Å². The lowest BCUT2D eigenvalue weighted by Crippen LogP contribution is -2.15. The lowest BCUT2D eigenvalue weighted by atomic mass is 10.1. The number of allylic oxidation sites excluding steroid dienone is 3. The van der Waals surface area contributed by atoms with E-state index in [-0.39, 0.29) is 11.7 Å². The summed E-state index contributed by atoms with van der Waals surface area (Å²) in [4.78, 5) is 10.9. The zero-order valence-corrected chi connectivity index (χ0v) is 8.95. The van der Waals surface area contributed by atoms with Crippen molar-refractivity contribution < 1.29 is 9.53 Å². The number of rotatable bonds is 5. The Morgan fingerprint density at radius 3 is 3.00 bits per heavy atom. The molecule has 0 bridgehead atoms. The van der Waals surface area contributed by atoms with Gasteiger partial charge in [-0.15, -0.1) is 0 Å². The summed E-state index contributed by atoms with van der Waals surface area (Å²) >= 11 is 0. The highest BCUT2D eigenvalue weighted by Crippen LogP contribution is 2.12. The average Bonchev–Trinajstić information content (AvgIpc) is 2.19. The second kappa shape index (κ2) is 5.76. The molecule has 0 aromatic rings. The molecule has 2 nitrogen and oxygen atoms in total. The van der Waals surface area contributed by atoms with E-state index < -0.39 is 0 Å². The van der Waals surface area contributed by atoms with Crippen LogP contribution in [0.2, 0.25) is 0 Å². The van der Waals surface area contributed by atoms with E-state index in [2.05, 4.69) is 18.2 Å². The maximum atomic E-state index is 10.9. The lowest BCUT2D eigenvalue weighted by Gasteiger charge is -2.12. The summed E-state index contributed by atoms with van der Waals surface area (Å²) in [5.41, 5.74) is 1.32. The van der Waals surface area contributed by atoms with Crippen LogP contribution >= 0.6 is 0 Å². The van der Waals surface area contributed by atoms with Crippen LogP contribution in [-0.2, 0) is 9.53 Å². The molecule has 0 saturated heterocycles. The Morgan fingerprint density at radius 2 is 2.43 bits per heavy atom. The molecule has 0 saturated carbocycles. The minimum Gasteiger partial charge on any atom is -0.376 e. The lowest BCUT2D eigenvalue weighted by molar-refractivity contribution is -0.121. The van der Waals surface area contributed by atoms with Crippen molar-refractivity contribution in [2.75, 3.05) is 13.2 Å². The maximum Gasteiger partial charge on any atom is 0.134 e. The fraction of sp³-hybridized carbons (Fsp3) is 0.583. The highest BCUT2D eigenvalue weighted by Gasteiger charge is 2.07. The van der Waals surface area contributed by atoms with Gasteiger partial charge in [-0.25, -0.2) is 0 Å². The Hall–Kier alpha value is -0.890. The van der Waals surface area contributed by atoms with Gasteiger partial charge < -0.3 is 4.74 Å². The second-order valence-electron chi connectivity index (χ2n) is 3.82. The van der Waals surface area contributed by atoms with Gasteiger partial charge in [0.2, 0.25) is 0 Å². The number of hydrogen-bond acceptors (Lipinski definition) is 2. The molecule has 0 heterocycles. The van der Waals surface area contributed by atoms with Crippen LogP contribution in [0.15, 0.2) is 23.8 Å². The summed E-state index contributed by atoms with van der Waals surface area (Å²) in [7, 11) is 0. The third-order valence-corrected chi connectivity index (χ3v) is 2.45. The SMILES string of the molecule is CC(=O)C(C)COCC1=CC=CCC1. The first-order chi connectivity index (χ1) is 6.70. The van der Waals surface area contributed by atoms with Crippen LogP contribution in [0.1, 0.15) is 26.7 Å². The van der Waals surface area contributed by atoms with Crippen molar-refractivity contribution in [1.82, 2.24) is 0 Å². The molecule has 1 atom stereocenters. The number of hydrogen-bond donors (Lipinski definition) is 0.